The summed E-state index contributed by atoms with van der Waals surface area (Å²) in [6.07, 6.45) is -8.86. The predicted octanol–water partition coefficient (Wildman–Crippen LogP) is -1.16. The molecule has 0 aliphatic carbocycles. The highest BCUT2D eigenvalue weighted by molar-refractivity contribution is 7.61. The van der Waals surface area contributed by atoms with Gasteiger partial charge in [-0.3, -0.25) is 33.0 Å². The Morgan fingerprint density at radius 2 is 1.62 bits per heavy atom. The lowest BCUT2D eigenvalue weighted by Crippen LogP contribution is -2.46. The van der Waals surface area contributed by atoms with E-state index in [1.165, 1.54) is 47.3 Å². The van der Waals surface area contributed by atoms with Crippen molar-refractivity contribution in [2.45, 2.75) is 55.6 Å². The van der Waals surface area contributed by atoms with Crippen LogP contribution in [0.15, 0.2) is 61.4 Å². The number of benzene rings is 1. The zero-order valence-corrected chi connectivity index (χ0v) is 31.8. The number of phosphoric acid groups is 3. The van der Waals surface area contributed by atoms with Crippen molar-refractivity contribution in [3.05, 3.63) is 82.7 Å². The fourth-order valence-electron chi connectivity index (χ4n) is 5.94. The number of imidazole rings is 1. The lowest BCUT2D eigenvalue weighted by molar-refractivity contribution is -0.765. The molecule has 10 N–H and O–H groups in total. The van der Waals surface area contributed by atoms with Crippen molar-refractivity contribution >= 4 is 52.0 Å². The van der Waals surface area contributed by atoms with E-state index in [1.54, 1.807) is 6.07 Å². The number of para-hydroxylation sites is 1. The average Bonchev–Trinajstić information content (AvgIpc) is 3.81. The van der Waals surface area contributed by atoms with E-state index < -0.39 is 96.6 Å². The van der Waals surface area contributed by atoms with Gasteiger partial charge in [-0.25, -0.2) is 28.6 Å². The van der Waals surface area contributed by atoms with E-state index in [0.717, 1.165) is 17.2 Å². The summed E-state index contributed by atoms with van der Waals surface area (Å²) < 4.78 is 69.1. The molecule has 2 fully saturated rings. The van der Waals surface area contributed by atoms with Crippen LogP contribution < -0.4 is 15.6 Å². The normalized spacial score (nSPS) is 26.9. The molecule has 0 bridgehead atoms. The summed E-state index contributed by atoms with van der Waals surface area (Å²) in [5.74, 6) is -0.734. The number of ether oxygens (including phenoxy) is 2. The molecule has 0 radical (unpaired) electrons. The highest BCUT2D eigenvalue weighted by Crippen LogP contribution is 2.61. The van der Waals surface area contributed by atoms with Crippen molar-refractivity contribution < 1.29 is 90.2 Å². The van der Waals surface area contributed by atoms with Gasteiger partial charge in [0.2, 0.25) is 0 Å². The molecule has 27 nitrogen and oxygen atoms in total. The molecule has 30 heteroatoms. The lowest BCUT2D eigenvalue weighted by Gasteiger charge is -2.22. The Bertz CT molecular complexity index is 2320. The largest absolute Gasteiger partial charge is 0.481 e. The number of nitrogens with two attached hydrogens (primary N) is 1. The molecule has 4 aromatic rings. The van der Waals surface area contributed by atoms with Gasteiger partial charge >= 0.3 is 23.5 Å². The number of phosphoric ester groups is 3. The molecular weight excluding hydrogens is 845 g/mol. The smallest absolute Gasteiger partial charge is 0.387 e. The minimum absolute atomic E-state index is 0.0130. The molecule has 0 saturated carbocycles. The van der Waals surface area contributed by atoms with Crippen LogP contribution in [-0.4, -0.2) is 115 Å². The number of aliphatic hydroxyl groups excluding tert-OH is 3. The van der Waals surface area contributed by atoms with Gasteiger partial charge in [-0.15, -0.1) is 0 Å². The molecule has 0 spiro atoms. The summed E-state index contributed by atoms with van der Waals surface area (Å²) in [5.41, 5.74) is 5.86. The maximum Gasteiger partial charge on any atom is 0.481 e. The molecule has 58 heavy (non-hydrogen) atoms. The first-order chi connectivity index (χ1) is 27.2. The summed E-state index contributed by atoms with van der Waals surface area (Å²) in [5, 5.41) is 46.0. The summed E-state index contributed by atoms with van der Waals surface area (Å²) >= 11 is 0. The van der Waals surface area contributed by atoms with Crippen molar-refractivity contribution in [2.24, 2.45) is 0 Å². The van der Waals surface area contributed by atoms with Crippen molar-refractivity contribution in [3.63, 3.8) is 0 Å². The predicted molar refractivity (Wildman–Crippen MR) is 186 cm³/mol. The first-order valence-corrected chi connectivity index (χ1v) is 20.9. The van der Waals surface area contributed by atoms with Crippen LogP contribution in [0.2, 0.25) is 0 Å². The van der Waals surface area contributed by atoms with Crippen molar-refractivity contribution in [3.8, 4) is 0 Å². The Balaban J connectivity index is 1.04. The summed E-state index contributed by atoms with van der Waals surface area (Å²) in [6.45, 7) is -2.31. The number of aromatic nitrogens is 5. The molecule has 2 aliphatic rings. The van der Waals surface area contributed by atoms with Gasteiger partial charge in [0.05, 0.1) is 24.5 Å². The second-order valence-corrected chi connectivity index (χ2v) is 16.7. The number of nitrogens with zero attached hydrogens (tertiary/aromatic N) is 6. The third-order valence-corrected chi connectivity index (χ3v) is 11.7. The Kier molecular flexibility index (Phi) is 12.8. The molecule has 3 aromatic heterocycles. The summed E-state index contributed by atoms with van der Waals surface area (Å²) in [7, 11) is -16.4. The number of rotatable bonds is 16. The average molecular weight is 880 g/mol. The second-order valence-electron chi connectivity index (χ2n) is 12.5. The number of amides is 1. The third-order valence-electron chi connectivity index (χ3n) is 8.59. The highest BCUT2D eigenvalue weighted by Gasteiger charge is 2.51. The standard InChI is InChI=1S/C28H33N8O19P3/c29-24-19-25(32-12-31-24)35(13-33-19)28-23(54-56(43,44)45)21(38)18(53-28)11-51-58(48,49)55-57(46,47)50-10-17-20(37)22(39)27(52-17)34-7-3-5-15(9-34)26(40)30-8-14-4-1-2-6-16(14)36(41)42/h1-7,9,12-13,17-18,20-23,27-28,37-39H,8,10-11H2,(H6-,29,30,31,32,40,43,44,45,46,47,48,49)/p+1/t17-,18-,20-,21-,22-,23-,27-,28-/m1/s1. The van der Waals surface area contributed by atoms with Gasteiger partial charge in [0.15, 0.2) is 36.2 Å². The number of nitrogen functional groups attached to an aromatic ring is 1. The van der Waals surface area contributed by atoms with Crippen LogP contribution in [0.5, 0.6) is 0 Å². The number of carbonyl (C=O) groups is 1. The molecule has 5 heterocycles. The van der Waals surface area contributed by atoms with Crippen LogP contribution >= 0.6 is 23.5 Å². The second kappa shape index (κ2) is 17.2. The number of nitro benzene ring substituents is 1. The summed E-state index contributed by atoms with van der Waals surface area (Å²) in [6, 6.07) is 8.56. The number of hydrogen-bond donors (Lipinski definition) is 9. The number of pyridine rings is 1. The maximum atomic E-state index is 12.9. The molecule has 1 amide bonds. The van der Waals surface area contributed by atoms with Gasteiger partial charge in [-0.1, -0.05) is 18.2 Å². The molecule has 2 aliphatic heterocycles. The first-order valence-electron chi connectivity index (χ1n) is 16.4. The number of fused-ring (bicyclic) bond motifs is 1. The van der Waals surface area contributed by atoms with E-state index in [9.17, 15) is 63.5 Å². The van der Waals surface area contributed by atoms with Gasteiger partial charge in [0.1, 0.15) is 47.9 Å². The zero-order valence-electron chi connectivity index (χ0n) is 29.1. The molecule has 2 saturated heterocycles. The maximum absolute atomic E-state index is 12.9. The third kappa shape index (κ3) is 9.95. The molecule has 314 valence electrons. The Labute approximate surface area is 324 Å². The van der Waals surface area contributed by atoms with Gasteiger partial charge in [-0.05, 0) is 6.07 Å². The molecule has 6 rings (SSSR count). The van der Waals surface area contributed by atoms with Gasteiger partial charge in [0, 0.05) is 24.2 Å². The monoisotopic (exact) mass is 879 g/mol. The number of carbonyl (C=O) groups excluding carboxylic acids is 1. The minimum Gasteiger partial charge on any atom is -0.387 e. The van der Waals surface area contributed by atoms with Crippen LogP contribution in [0.1, 0.15) is 28.4 Å². The van der Waals surface area contributed by atoms with Crippen LogP contribution in [0.4, 0.5) is 11.5 Å². The molecule has 1 aromatic carbocycles. The van der Waals surface area contributed by atoms with E-state index in [0.29, 0.717) is 0 Å². The van der Waals surface area contributed by atoms with Gasteiger partial charge in [-0.2, -0.15) is 8.88 Å². The van der Waals surface area contributed by atoms with Crippen LogP contribution in [0, 0.1) is 10.1 Å². The van der Waals surface area contributed by atoms with E-state index in [4.69, 9.17) is 28.8 Å². The lowest BCUT2D eigenvalue weighted by atomic mass is 10.1. The van der Waals surface area contributed by atoms with Crippen molar-refractivity contribution in [1.82, 2.24) is 24.8 Å². The topological polar surface area (TPSA) is 394 Å². The van der Waals surface area contributed by atoms with Crippen LogP contribution in [0.3, 0.4) is 0 Å². The fraction of sp³-hybridized carbons (Fsp3) is 0.393. The van der Waals surface area contributed by atoms with Gasteiger partial charge in [0.25, 0.3) is 17.8 Å². The van der Waals surface area contributed by atoms with Crippen molar-refractivity contribution in [1.29, 1.82) is 0 Å². The minimum atomic E-state index is -5.58. The first kappa shape index (κ1) is 43.3. The SMILES string of the molecule is Nc1ncnc2c1ncn2[C@@H]1O[C@H](COP(=O)(O)OP(=O)(O)OC[C@H]2O[C@@H]([n+]3cccc(C(=O)NCc4ccccc4[N+](=O)[O-])c3)[C@H](O)[C@@H]2O)[C@@H](O)[C@H]1OP(=O)(O)O. The molecular formula is C28H34N8O19P3+. The quantitative estimate of drug-likeness (QED) is 0.0277. The van der Waals surface area contributed by atoms with E-state index in [-0.39, 0.29) is 40.3 Å². The Morgan fingerprint density at radius 3 is 2.29 bits per heavy atom. The number of hydrogen-bond acceptors (Lipinski definition) is 19. The van der Waals surface area contributed by atoms with Gasteiger partial charge < -0.3 is 55.4 Å². The van der Waals surface area contributed by atoms with Crippen LogP contribution in [0.25, 0.3) is 11.2 Å². The number of nitro groups is 1. The number of nitrogens with one attached hydrogen (secondary N) is 1. The van der Waals surface area contributed by atoms with Crippen molar-refractivity contribution in [2.75, 3.05) is 18.9 Å². The van der Waals surface area contributed by atoms with E-state index in [1.807, 2.05) is 0 Å². The molecule has 2 unspecified atom stereocenters. The number of anilines is 1. The zero-order chi connectivity index (χ0) is 42.2. The fourth-order valence-corrected chi connectivity index (χ4v) is 8.57. The van der Waals surface area contributed by atoms with E-state index >= 15 is 0 Å². The molecule has 10 atom stereocenters. The number of aliphatic hydroxyl groups is 3. The highest BCUT2D eigenvalue weighted by atomic mass is 31.3. The Hall–Kier alpha value is -4.24. The van der Waals surface area contributed by atoms with Crippen LogP contribution in [-0.2, 0) is 47.6 Å². The Morgan fingerprint density at radius 1 is 0.948 bits per heavy atom. The summed E-state index contributed by atoms with van der Waals surface area (Å²) in [4.78, 5) is 74.6. The van der Waals surface area contributed by atoms with E-state index in [2.05, 4.69) is 24.6 Å².